The van der Waals surface area contributed by atoms with Gasteiger partial charge in [-0.3, -0.25) is 0 Å². The van der Waals surface area contributed by atoms with E-state index in [1.807, 2.05) is 0 Å². The third kappa shape index (κ3) is 9.92. The monoisotopic (exact) mass is 158 g/mol. The molecule has 1 fully saturated rings. The van der Waals surface area contributed by atoms with Gasteiger partial charge in [-0.2, -0.15) is 0 Å². The third-order valence-corrected chi connectivity index (χ3v) is 1.76. The van der Waals surface area contributed by atoms with Crippen LogP contribution in [0.1, 0.15) is 39.0 Å². The molecule has 0 aliphatic carbocycles. The molecule has 1 aliphatic heterocycles. The second-order valence-corrected chi connectivity index (χ2v) is 2.95. The average molecular weight is 158 g/mol. The zero-order valence-corrected chi connectivity index (χ0v) is 7.73. The second kappa shape index (κ2) is 9.92. The Labute approximate surface area is 70.5 Å². The predicted octanol–water partition coefficient (Wildman–Crippen LogP) is 1.51. The van der Waals surface area contributed by atoms with Crippen LogP contribution in [0.4, 0.5) is 0 Å². The average Bonchev–Trinajstić information content (AvgIpc) is 2.57. The lowest BCUT2D eigenvalue weighted by atomic mass is 10.3. The van der Waals surface area contributed by atoms with E-state index in [4.69, 9.17) is 5.73 Å². The molecule has 1 aliphatic rings. The third-order valence-electron chi connectivity index (χ3n) is 1.76. The quantitative estimate of drug-likeness (QED) is 0.611. The normalized spacial score (nSPS) is 15.8. The zero-order chi connectivity index (χ0) is 8.36. The first kappa shape index (κ1) is 10.9. The van der Waals surface area contributed by atoms with Crippen LogP contribution in [0.5, 0.6) is 0 Å². The van der Waals surface area contributed by atoms with Crippen LogP contribution in [-0.2, 0) is 0 Å². The van der Waals surface area contributed by atoms with Crippen molar-refractivity contribution in [1.82, 2.24) is 5.32 Å². The highest BCUT2D eigenvalue weighted by atomic mass is 14.9. The van der Waals surface area contributed by atoms with Crippen molar-refractivity contribution in [1.29, 1.82) is 0 Å². The molecule has 1 saturated heterocycles. The lowest BCUT2D eigenvalue weighted by Crippen LogP contribution is -2.03. The van der Waals surface area contributed by atoms with E-state index in [1.165, 1.54) is 45.2 Å². The van der Waals surface area contributed by atoms with Gasteiger partial charge in [-0.25, -0.2) is 0 Å². The van der Waals surface area contributed by atoms with Crippen LogP contribution in [0.25, 0.3) is 0 Å². The standard InChI is InChI=1S/C5H13N.C4H9N/c1-2-3-4-5-6;1-2-4-5-3-1/h2-6H2,1H3;5H,1-4H2. The highest BCUT2D eigenvalue weighted by Gasteiger charge is 1.93. The van der Waals surface area contributed by atoms with Gasteiger partial charge in [0.25, 0.3) is 0 Å². The predicted molar refractivity (Wildman–Crippen MR) is 50.7 cm³/mol. The minimum Gasteiger partial charge on any atom is -0.330 e. The maximum atomic E-state index is 5.21. The summed E-state index contributed by atoms with van der Waals surface area (Å²) < 4.78 is 0. The lowest BCUT2D eigenvalue weighted by Gasteiger charge is -1.86. The summed E-state index contributed by atoms with van der Waals surface area (Å²) >= 11 is 0. The van der Waals surface area contributed by atoms with E-state index in [2.05, 4.69) is 12.2 Å². The molecule has 0 bridgehead atoms. The van der Waals surface area contributed by atoms with Crippen LogP contribution in [0, 0.1) is 0 Å². The van der Waals surface area contributed by atoms with Crippen molar-refractivity contribution >= 4 is 0 Å². The van der Waals surface area contributed by atoms with E-state index in [-0.39, 0.29) is 0 Å². The van der Waals surface area contributed by atoms with Crippen molar-refractivity contribution in [3.63, 3.8) is 0 Å². The number of nitrogens with two attached hydrogens (primary N) is 1. The molecule has 68 valence electrons. The van der Waals surface area contributed by atoms with Crippen LogP contribution in [0.2, 0.25) is 0 Å². The summed E-state index contributed by atoms with van der Waals surface area (Å²) in [6.45, 7) is 5.53. The Morgan fingerprint density at radius 1 is 1.18 bits per heavy atom. The van der Waals surface area contributed by atoms with Gasteiger partial charge in [-0.15, -0.1) is 0 Å². The number of rotatable bonds is 3. The van der Waals surface area contributed by atoms with Crippen molar-refractivity contribution in [3.8, 4) is 0 Å². The summed E-state index contributed by atoms with van der Waals surface area (Å²) in [7, 11) is 0. The minimum absolute atomic E-state index is 0.855. The van der Waals surface area contributed by atoms with Gasteiger partial charge in [-0.1, -0.05) is 19.8 Å². The molecule has 0 amide bonds. The molecule has 1 heterocycles. The Morgan fingerprint density at radius 3 is 2.00 bits per heavy atom. The van der Waals surface area contributed by atoms with E-state index in [0.717, 1.165) is 6.54 Å². The summed E-state index contributed by atoms with van der Waals surface area (Å²) in [5.74, 6) is 0. The van der Waals surface area contributed by atoms with Gasteiger partial charge in [-0.05, 0) is 38.9 Å². The molecule has 0 aromatic carbocycles. The largest absolute Gasteiger partial charge is 0.330 e. The first-order valence-corrected chi connectivity index (χ1v) is 4.82. The van der Waals surface area contributed by atoms with Crippen LogP contribution in [0.15, 0.2) is 0 Å². The minimum atomic E-state index is 0.855. The summed E-state index contributed by atoms with van der Waals surface area (Å²) in [6, 6.07) is 0. The van der Waals surface area contributed by atoms with E-state index in [9.17, 15) is 0 Å². The van der Waals surface area contributed by atoms with E-state index in [0.29, 0.717) is 0 Å². The Kier molecular flexibility index (Phi) is 9.85. The smallest absolute Gasteiger partial charge is 0.00484 e. The fourth-order valence-corrected chi connectivity index (χ4v) is 1.02. The highest BCUT2D eigenvalue weighted by Crippen LogP contribution is 1.90. The molecule has 0 aromatic heterocycles. The second-order valence-electron chi connectivity index (χ2n) is 2.95. The Morgan fingerprint density at radius 2 is 1.82 bits per heavy atom. The molecule has 2 heteroatoms. The molecule has 0 spiro atoms. The zero-order valence-electron chi connectivity index (χ0n) is 7.73. The number of nitrogens with one attached hydrogen (secondary N) is 1. The van der Waals surface area contributed by atoms with E-state index >= 15 is 0 Å². The highest BCUT2D eigenvalue weighted by molar-refractivity contribution is 4.55. The van der Waals surface area contributed by atoms with Crippen molar-refractivity contribution in [2.75, 3.05) is 19.6 Å². The number of unbranched alkanes of at least 4 members (excludes halogenated alkanes) is 2. The molecule has 3 N–H and O–H groups in total. The molecule has 0 saturated carbocycles. The van der Waals surface area contributed by atoms with Gasteiger partial charge in [0.2, 0.25) is 0 Å². The lowest BCUT2D eigenvalue weighted by molar-refractivity contribution is 0.727. The first-order valence-electron chi connectivity index (χ1n) is 4.82. The van der Waals surface area contributed by atoms with Crippen molar-refractivity contribution < 1.29 is 0 Å². The van der Waals surface area contributed by atoms with Gasteiger partial charge in [0.05, 0.1) is 0 Å². The van der Waals surface area contributed by atoms with E-state index < -0.39 is 0 Å². The summed E-state index contributed by atoms with van der Waals surface area (Å²) in [4.78, 5) is 0. The van der Waals surface area contributed by atoms with E-state index in [1.54, 1.807) is 0 Å². The fraction of sp³-hybridized carbons (Fsp3) is 1.00. The molecule has 11 heavy (non-hydrogen) atoms. The van der Waals surface area contributed by atoms with Gasteiger partial charge >= 0.3 is 0 Å². The maximum absolute atomic E-state index is 5.21. The fourth-order valence-electron chi connectivity index (χ4n) is 1.02. The Hall–Kier alpha value is -0.0800. The maximum Gasteiger partial charge on any atom is -0.00484 e. The molecular weight excluding hydrogens is 136 g/mol. The van der Waals surface area contributed by atoms with Crippen LogP contribution >= 0.6 is 0 Å². The molecule has 0 unspecified atom stereocenters. The van der Waals surface area contributed by atoms with Crippen LogP contribution < -0.4 is 11.1 Å². The Bertz CT molecular complexity index is 49.0. The van der Waals surface area contributed by atoms with Gasteiger partial charge in [0.1, 0.15) is 0 Å². The van der Waals surface area contributed by atoms with Gasteiger partial charge in [0, 0.05) is 0 Å². The van der Waals surface area contributed by atoms with Gasteiger partial charge < -0.3 is 11.1 Å². The molecular formula is C9H22N2. The van der Waals surface area contributed by atoms with Crippen molar-refractivity contribution in [2.45, 2.75) is 39.0 Å². The van der Waals surface area contributed by atoms with Gasteiger partial charge in [0.15, 0.2) is 0 Å². The van der Waals surface area contributed by atoms with Crippen molar-refractivity contribution in [3.05, 3.63) is 0 Å². The van der Waals surface area contributed by atoms with Crippen LogP contribution in [-0.4, -0.2) is 19.6 Å². The molecule has 0 atom stereocenters. The SMILES string of the molecule is C1CCNC1.CCCCCN. The molecule has 0 aromatic rings. The van der Waals surface area contributed by atoms with Crippen molar-refractivity contribution in [2.24, 2.45) is 5.73 Å². The first-order chi connectivity index (χ1) is 5.41. The molecule has 1 rings (SSSR count). The molecule has 0 radical (unpaired) electrons. The summed E-state index contributed by atoms with van der Waals surface area (Å²) in [5, 5.41) is 3.22. The summed E-state index contributed by atoms with van der Waals surface area (Å²) in [5.41, 5.74) is 5.21. The topological polar surface area (TPSA) is 38.0 Å². The Balaban J connectivity index is 0.000000183. The molecule has 2 nitrogen and oxygen atoms in total. The number of hydrogen-bond donors (Lipinski definition) is 2. The number of hydrogen-bond acceptors (Lipinski definition) is 2. The van der Waals surface area contributed by atoms with Crippen LogP contribution in [0.3, 0.4) is 0 Å². The summed E-state index contributed by atoms with van der Waals surface area (Å²) in [6.07, 6.45) is 6.53.